The molecule has 1 fully saturated rings. The molecular weight excluding hydrogens is 372 g/mol. The quantitative estimate of drug-likeness (QED) is 0.278. The van der Waals surface area contributed by atoms with Gasteiger partial charge in [-0.1, -0.05) is 75.8 Å². The van der Waals surface area contributed by atoms with Gasteiger partial charge in [0, 0.05) is 16.9 Å². The Bertz CT molecular complexity index is 811. The summed E-state index contributed by atoms with van der Waals surface area (Å²) < 4.78 is 5.91. The van der Waals surface area contributed by atoms with E-state index in [1.54, 1.807) is 12.1 Å². The Morgan fingerprint density at radius 2 is 1.67 bits per heavy atom. The summed E-state index contributed by atoms with van der Waals surface area (Å²) in [5.41, 5.74) is 15.3. The molecule has 0 bridgehead atoms. The first-order chi connectivity index (χ1) is 14.6. The maximum absolute atomic E-state index is 13.0. The molecule has 0 aromatic heterocycles. The van der Waals surface area contributed by atoms with Gasteiger partial charge in [0.2, 0.25) is 0 Å². The lowest BCUT2D eigenvalue weighted by Crippen LogP contribution is -2.25. The predicted molar refractivity (Wildman–Crippen MR) is 125 cm³/mol. The molecule has 0 spiro atoms. The molecule has 1 aliphatic rings. The summed E-state index contributed by atoms with van der Waals surface area (Å²) >= 11 is 0. The highest BCUT2D eigenvalue weighted by molar-refractivity contribution is 6.02. The maximum atomic E-state index is 13.0. The number of esters is 1. The first-order valence-electron chi connectivity index (χ1n) is 11.5. The topological polar surface area (TPSA) is 78.3 Å². The summed E-state index contributed by atoms with van der Waals surface area (Å²) in [7, 11) is 0. The fourth-order valence-corrected chi connectivity index (χ4v) is 4.57. The monoisotopic (exact) mass is 408 g/mol. The highest BCUT2D eigenvalue weighted by Gasteiger charge is 2.26. The van der Waals surface area contributed by atoms with Crippen molar-refractivity contribution >= 4 is 17.3 Å². The van der Waals surface area contributed by atoms with Gasteiger partial charge in [0.15, 0.2) is 0 Å². The number of nitrogen functional groups attached to an aromatic ring is 2. The average Bonchev–Trinajstić information content (AvgIpc) is 2.75. The molecule has 1 aliphatic carbocycles. The molecule has 2 aromatic rings. The van der Waals surface area contributed by atoms with E-state index in [-0.39, 0.29) is 12.1 Å². The van der Waals surface area contributed by atoms with Crippen LogP contribution in [0.5, 0.6) is 0 Å². The van der Waals surface area contributed by atoms with E-state index in [4.69, 9.17) is 16.2 Å². The highest BCUT2D eigenvalue weighted by Crippen LogP contribution is 2.34. The van der Waals surface area contributed by atoms with Crippen molar-refractivity contribution in [1.29, 1.82) is 0 Å². The first-order valence-corrected chi connectivity index (χ1v) is 11.5. The van der Waals surface area contributed by atoms with E-state index in [2.05, 4.69) is 6.92 Å². The van der Waals surface area contributed by atoms with Gasteiger partial charge in [0.25, 0.3) is 0 Å². The van der Waals surface area contributed by atoms with Crippen molar-refractivity contribution in [2.75, 3.05) is 11.5 Å². The number of nitrogens with two attached hydrogens (primary N) is 2. The van der Waals surface area contributed by atoms with Gasteiger partial charge in [0.1, 0.15) is 6.10 Å². The fourth-order valence-electron chi connectivity index (χ4n) is 4.57. The molecule has 3 rings (SSSR count). The molecule has 30 heavy (non-hydrogen) atoms. The minimum atomic E-state index is -0.323. The van der Waals surface area contributed by atoms with Crippen LogP contribution in [0.1, 0.15) is 81.5 Å². The molecule has 0 heterocycles. The summed E-state index contributed by atoms with van der Waals surface area (Å²) in [4.78, 5) is 13.0. The minimum absolute atomic E-state index is 0.0138. The summed E-state index contributed by atoms with van der Waals surface area (Å²) in [6, 6.07) is 13.1. The molecular formula is C26H36N2O2. The molecule has 0 aliphatic heterocycles. The number of anilines is 2. The molecule has 0 radical (unpaired) electrons. The normalized spacial score (nSPS) is 18.8. The number of hydrogen-bond donors (Lipinski definition) is 2. The molecule has 0 unspecified atom stereocenters. The van der Waals surface area contributed by atoms with Crippen molar-refractivity contribution < 1.29 is 9.53 Å². The molecule has 0 saturated heterocycles. The van der Waals surface area contributed by atoms with Crippen LogP contribution in [0, 0.1) is 5.92 Å². The highest BCUT2D eigenvalue weighted by atomic mass is 16.5. The number of rotatable bonds is 9. The number of carbonyl (C=O) groups is 1. The van der Waals surface area contributed by atoms with Gasteiger partial charge < -0.3 is 16.2 Å². The molecule has 0 amide bonds. The number of benzene rings is 2. The van der Waals surface area contributed by atoms with E-state index in [1.165, 1.54) is 38.5 Å². The van der Waals surface area contributed by atoms with Gasteiger partial charge in [-0.15, -0.1) is 0 Å². The number of ether oxygens (including phenoxy) is 1. The van der Waals surface area contributed by atoms with Crippen LogP contribution in [0.2, 0.25) is 0 Å². The second-order valence-corrected chi connectivity index (χ2v) is 8.65. The third-order valence-electron chi connectivity index (χ3n) is 6.26. The Kier molecular flexibility index (Phi) is 8.18. The zero-order valence-corrected chi connectivity index (χ0v) is 18.2. The van der Waals surface area contributed by atoms with Crippen molar-refractivity contribution in [2.24, 2.45) is 5.92 Å². The van der Waals surface area contributed by atoms with Crippen LogP contribution in [0.3, 0.4) is 0 Å². The van der Waals surface area contributed by atoms with E-state index in [1.807, 2.05) is 30.3 Å². The van der Waals surface area contributed by atoms with E-state index >= 15 is 0 Å². The molecule has 1 saturated carbocycles. The van der Waals surface area contributed by atoms with Crippen LogP contribution in [0.25, 0.3) is 11.1 Å². The summed E-state index contributed by atoms with van der Waals surface area (Å²) in [6.07, 6.45) is 12.2. The standard InChI is InChI=1S/C26H36N2O2/c1-2-3-4-5-7-10-19-13-15-22(16-14-19)30-26(29)23-17-21(27)18-24(28)25(23)20-11-8-6-9-12-20/h6,8-9,11-12,17-19,22H,2-5,7,10,13-16,27-28H2,1H3. The van der Waals surface area contributed by atoms with Crippen LogP contribution in [-0.4, -0.2) is 12.1 Å². The Morgan fingerprint density at radius 1 is 0.967 bits per heavy atom. The molecule has 4 nitrogen and oxygen atoms in total. The van der Waals surface area contributed by atoms with Gasteiger partial charge in [-0.05, 0) is 49.3 Å². The van der Waals surface area contributed by atoms with Crippen molar-refractivity contribution in [2.45, 2.75) is 77.2 Å². The SMILES string of the molecule is CCCCCCCC1CCC(OC(=O)c2cc(N)cc(N)c2-c2ccccc2)CC1. The summed E-state index contributed by atoms with van der Waals surface area (Å²) in [5, 5.41) is 0. The lowest BCUT2D eigenvalue weighted by atomic mass is 9.84. The number of hydrogen-bond acceptors (Lipinski definition) is 4. The van der Waals surface area contributed by atoms with E-state index in [0.29, 0.717) is 22.5 Å². The molecule has 4 heteroatoms. The fraction of sp³-hybridized carbons (Fsp3) is 0.500. The van der Waals surface area contributed by atoms with Crippen LogP contribution < -0.4 is 11.5 Å². The largest absolute Gasteiger partial charge is 0.459 e. The Balaban J connectivity index is 1.58. The van der Waals surface area contributed by atoms with Crippen molar-refractivity contribution in [3.8, 4) is 11.1 Å². The Hall–Kier alpha value is -2.49. The summed E-state index contributed by atoms with van der Waals surface area (Å²) in [6.45, 7) is 2.25. The average molecular weight is 409 g/mol. The van der Waals surface area contributed by atoms with Gasteiger partial charge in [-0.2, -0.15) is 0 Å². The molecule has 0 atom stereocenters. The van der Waals surface area contributed by atoms with E-state index < -0.39 is 0 Å². The van der Waals surface area contributed by atoms with E-state index in [0.717, 1.165) is 37.2 Å². The lowest BCUT2D eigenvalue weighted by molar-refractivity contribution is 0.0162. The van der Waals surface area contributed by atoms with Gasteiger partial charge in [0.05, 0.1) is 5.56 Å². The smallest absolute Gasteiger partial charge is 0.339 e. The molecule has 2 aromatic carbocycles. The second-order valence-electron chi connectivity index (χ2n) is 8.65. The Morgan fingerprint density at radius 3 is 2.37 bits per heavy atom. The number of carbonyl (C=O) groups excluding carboxylic acids is 1. The third kappa shape index (κ3) is 6.01. The second kappa shape index (κ2) is 11.1. The van der Waals surface area contributed by atoms with Crippen LogP contribution in [0.4, 0.5) is 11.4 Å². The maximum Gasteiger partial charge on any atom is 0.339 e. The van der Waals surface area contributed by atoms with Crippen LogP contribution >= 0.6 is 0 Å². The van der Waals surface area contributed by atoms with Gasteiger partial charge >= 0.3 is 5.97 Å². The van der Waals surface area contributed by atoms with E-state index in [9.17, 15) is 4.79 Å². The lowest BCUT2D eigenvalue weighted by Gasteiger charge is -2.28. The van der Waals surface area contributed by atoms with Crippen molar-refractivity contribution in [3.05, 3.63) is 48.0 Å². The summed E-state index contributed by atoms with van der Waals surface area (Å²) in [5.74, 6) is 0.459. The number of unbranched alkanes of at least 4 members (excludes halogenated alkanes) is 4. The van der Waals surface area contributed by atoms with Crippen LogP contribution in [0.15, 0.2) is 42.5 Å². The van der Waals surface area contributed by atoms with Crippen LogP contribution in [-0.2, 0) is 4.74 Å². The molecule has 4 N–H and O–H groups in total. The molecule has 162 valence electrons. The minimum Gasteiger partial charge on any atom is -0.459 e. The predicted octanol–water partition coefficient (Wildman–Crippen LogP) is 6.59. The van der Waals surface area contributed by atoms with Gasteiger partial charge in [-0.25, -0.2) is 4.79 Å². The third-order valence-corrected chi connectivity index (χ3v) is 6.26. The van der Waals surface area contributed by atoms with Crippen molar-refractivity contribution in [1.82, 2.24) is 0 Å². The zero-order chi connectivity index (χ0) is 21.3. The Labute approximate surface area is 181 Å². The van der Waals surface area contributed by atoms with Crippen molar-refractivity contribution in [3.63, 3.8) is 0 Å². The van der Waals surface area contributed by atoms with Gasteiger partial charge in [-0.3, -0.25) is 0 Å². The zero-order valence-electron chi connectivity index (χ0n) is 18.2. The first kappa shape index (κ1) is 22.2.